The smallest absolute Gasteiger partial charge is 0.310 e. The molecule has 94 valence electrons. The van der Waals surface area contributed by atoms with Gasteiger partial charge in [-0.15, -0.1) is 0 Å². The minimum atomic E-state index is -0.191. The molecule has 0 N–H and O–H groups in total. The highest BCUT2D eigenvalue weighted by atomic mass is 16.5. The average Bonchev–Trinajstić information content (AvgIpc) is 2.87. The summed E-state index contributed by atoms with van der Waals surface area (Å²) < 4.78 is 4.75. The van der Waals surface area contributed by atoms with Gasteiger partial charge in [-0.3, -0.25) is 4.79 Å². The third kappa shape index (κ3) is 2.14. The molecule has 5 nitrogen and oxygen atoms in total. The summed E-state index contributed by atoms with van der Waals surface area (Å²) in [5, 5.41) is 9.17. The van der Waals surface area contributed by atoms with E-state index in [1.165, 1.54) is 7.11 Å². The fourth-order valence-electron chi connectivity index (χ4n) is 2.23. The number of carbonyl (C=O) groups excluding carboxylic acids is 1. The SMILES string of the molecule is COC(=O)C1CCN(c2nccc(C)c2C#N)C1. The number of rotatable bonds is 2. The van der Waals surface area contributed by atoms with Gasteiger partial charge in [-0.2, -0.15) is 5.26 Å². The van der Waals surface area contributed by atoms with E-state index >= 15 is 0 Å². The number of nitriles is 1. The Balaban J connectivity index is 2.23. The number of anilines is 1. The van der Waals surface area contributed by atoms with Crippen LogP contribution in [0.2, 0.25) is 0 Å². The number of hydrogen-bond donors (Lipinski definition) is 0. The van der Waals surface area contributed by atoms with Crippen molar-refractivity contribution in [2.75, 3.05) is 25.1 Å². The molecular weight excluding hydrogens is 230 g/mol. The molecule has 1 unspecified atom stereocenters. The maximum atomic E-state index is 11.5. The molecule has 1 aliphatic heterocycles. The van der Waals surface area contributed by atoms with E-state index in [9.17, 15) is 10.1 Å². The molecule has 1 fully saturated rings. The highest BCUT2D eigenvalue weighted by molar-refractivity contribution is 5.74. The molecule has 1 atom stereocenters. The first-order valence-corrected chi connectivity index (χ1v) is 5.86. The Morgan fingerprint density at radius 1 is 1.67 bits per heavy atom. The largest absolute Gasteiger partial charge is 0.469 e. The van der Waals surface area contributed by atoms with Gasteiger partial charge >= 0.3 is 5.97 Å². The van der Waals surface area contributed by atoms with Crippen LogP contribution in [0.3, 0.4) is 0 Å². The minimum absolute atomic E-state index is 0.121. The van der Waals surface area contributed by atoms with Crippen LogP contribution in [-0.2, 0) is 9.53 Å². The first-order valence-electron chi connectivity index (χ1n) is 5.86. The predicted molar refractivity (Wildman–Crippen MR) is 66.0 cm³/mol. The number of esters is 1. The highest BCUT2D eigenvalue weighted by Crippen LogP contribution is 2.26. The molecule has 0 amide bonds. The molecule has 1 aliphatic rings. The Labute approximate surface area is 106 Å². The van der Waals surface area contributed by atoms with Gasteiger partial charge < -0.3 is 9.64 Å². The van der Waals surface area contributed by atoms with Gasteiger partial charge in [0.15, 0.2) is 0 Å². The van der Waals surface area contributed by atoms with E-state index in [1.807, 2.05) is 17.9 Å². The molecule has 0 radical (unpaired) electrons. The second kappa shape index (κ2) is 5.05. The number of aromatic nitrogens is 1. The van der Waals surface area contributed by atoms with Crippen molar-refractivity contribution in [1.82, 2.24) is 4.98 Å². The molecule has 0 spiro atoms. The summed E-state index contributed by atoms with van der Waals surface area (Å²) in [6.07, 6.45) is 2.43. The van der Waals surface area contributed by atoms with Crippen LogP contribution < -0.4 is 4.90 Å². The number of nitrogens with zero attached hydrogens (tertiary/aromatic N) is 3. The quantitative estimate of drug-likeness (QED) is 0.734. The van der Waals surface area contributed by atoms with Crippen molar-refractivity contribution in [2.45, 2.75) is 13.3 Å². The Bertz CT molecular complexity index is 507. The van der Waals surface area contributed by atoms with Gasteiger partial charge in [0.1, 0.15) is 11.9 Å². The lowest BCUT2D eigenvalue weighted by molar-refractivity contribution is -0.144. The lowest BCUT2D eigenvalue weighted by atomic mass is 10.1. The van der Waals surface area contributed by atoms with Crippen LogP contribution in [0.1, 0.15) is 17.5 Å². The number of pyridine rings is 1. The van der Waals surface area contributed by atoms with Crippen molar-refractivity contribution < 1.29 is 9.53 Å². The standard InChI is InChI=1S/C13H15N3O2/c1-9-3-5-15-12(11(9)7-14)16-6-4-10(8-16)13(17)18-2/h3,5,10H,4,6,8H2,1-2H3. The lowest BCUT2D eigenvalue weighted by Gasteiger charge is -2.18. The van der Waals surface area contributed by atoms with E-state index in [-0.39, 0.29) is 11.9 Å². The average molecular weight is 245 g/mol. The van der Waals surface area contributed by atoms with Crippen LogP contribution in [0, 0.1) is 24.2 Å². The van der Waals surface area contributed by atoms with Gasteiger partial charge in [-0.25, -0.2) is 4.98 Å². The molecule has 1 aromatic rings. The van der Waals surface area contributed by atoms with Gasteiger partial charge in [0.05, 0.1) is 18.6 Å². The zero-order chi connectivity index (χ0) is 13.1. The van der Waals surface area contributed by atoms with E-state index in [4.69, 9.17) is 4.74 Å². The molecule has 18 heavy (non-hydrogen) atoms. The number of carbonyl (C=O) groups is 1. The Kier molecular flexibility index (Phi) is 3.47. The third-order valence-corrected chi connectivity index (χ3v) is 3.27. The molecule has 0 aromatic carbocycles. The summed E-state index contributed by atoms with van der Waals surface area (Å²) in [6, 6.07) is 3.99. The summed E-state index contributed by atoms with van der Waals surface area (Å²) >= 11 is 0. The van der Waals surface area contributed by atoms with Crippen molar-refractivity contribution in [2.24, 2.45) is 5.92 Å². The van der Waals surface area contributed by atoms with Crippen LogP contribution in [0.5, 0.6) is 0 Å². The Morgan fingerprint density at radius 3 is 3.11 bits per heavy atom. The predicted octanol–water partition coefficient (Wildman–Crippen LogP) is 1.26. The number of hydrogen-bond acceptors (Lipinski definition) is 5. The second-order valence-corrected chi connectivity index (χ2v) is 4.39. The van der Waals surface area contributed by atoms with Crippen molar-refractivity contribution in [3.63, 3.8) is 0 Å². The van der Waals surface area contributed by atoms with E-state index in [0.29, 0.717) is 17.9 Å². The van der Waals surface area contributed by atoms with E-state index < -0.39 is 0 Å². The normalized spacial score (nSPS) is 18.5. The van der Waals surface area contributed by atoms with Crippen molar-refractivity contribution in [3.05, 3.63) is 23.4 Å². The zero-order valence-electron chi connectivity index (χ0n) is 10.5. The first kappa shape index (κ1) is 12.4. The Morgan fingerprint density at radius 2 is 2.44 bits per heavy atom. The fraction of sp³-hybridized carbons (Fsp3) is 0.462. The summed E-state index contributed by atoms with van der Waals surface area (Å²) in [6.45, 7) is 3.18. The van der Waals surface area contributed by atoms with Gasteiger partial charge in [0.2, 0.25) is 0 Å². The van der Waals surface area contributed by atoms with E-state index in [0.717, 1.165) is 18.5 Å². The number of aryl methyl sites for hydroxylation is 1. The van der Waals surface area contributed by atoms with Crippen molar-refractivity contribution in [3.8, 4) is 6.07 Å². The van der Waals surface area contributed by atoms with Crippen molar-refractivity contribution in [1.29, 1.82) is 5.26 Å². The summed E-state index contributed by atoms with van der Waals surface area (Å²) in [5.74, 6) is 0.358. The summed E-state index contributed by atoms with van der Waals surface area (Å²) in [7, 11) is 1.40. The highest BCUT2D eigenvalue weighted by Gasteiger charge is 2.30. The molecule has 2 heterocycles. The van der Waals surface area contributed by atoms with E-state index in [2.05, 4.69) is 11.1 Å². The van der Waals surface area contributed by atoms with Crippen LogP contribution in [0.25, 0.3) is 0 Å². The number of ether oxygens (including phenoxy) is 1. The van der Waals surface area contributed by atoms with E-state index in [1.54, 1.807) is 6.20 Å². The molecular formula is C13H15N3O2. The fourth-order valence-corrected chi connectivity index (χ4v) is 2.23. The van der Waals surface area contributed by atoms with Crippen LogP contribution in [0.4, 0.5) is 5.82 Å². The van der Waals surface area contributed by atoms with Crippen LogP contribution in [0.15, 0.2) is 12.3 Å². The maximum absolute atomic E-state index is 11.5. The maximum Gasteiger partial charge on any atom is 0.310 e. The lowest BCUT2D eigenvalue weighted by Crippen LogP contribution is -2.25. The molecule has 2 rings (SSSR count). The monoisotopic (exact) mass is 245 g/mol. The third-order valence-electron chi connectivity index (χ3n) is 3.27. The zero-order valence-corrected chi connectivity index (χ0v) is 10.5. The Hall–Kier alpha value is -2.09. The number of methoxy groups -OCH3 is 1. The summed E-state index contributed by atoms with van der Waals surface area (Å²) in [5.41, 5.74) is 1.49. The first-order chi connectivity index (χ1) is 8.67. The van der Waals surface area contributed by atoms with Crippen LogP contribution in [-0.4, -0.2) is 31.2 Å². The minimum Gasteiger partial charge on any atom is -0.469 e. The molecule has 0 saturated carbocycles. The molecule has 5 heteroatoms. The topological polar surface area (TPSA) is 66.2 Å². The molecule has 0 bridgehead atoms. The van der Waals surface area contributed by atoms with Gasteiger partial charge in [0.25, 0.3) is 0 Å². The van der Waals surface area contributed by atoms with Crippen LogP contribution >= 0.6 is 0 Å². The summed E-state index contributed by atoms with van der Waals surface area (Å²) in [4.78, 5) is 17.7. The van der Waals surface area contributed by atoms with Gasteiger partial charge in [-0.05, 0) is 25.0 Å². The van der Waals surface area contributed by atoms with Gasteiger partial charge in [0, 0.05) is 19.3 Å². The molecule has 0 aliphatic carbocycles. The van der Waals surface area contributed by atoms with Crippen molar-refractivity contribution >= 4 is 11.8 Å². The molecule has 1 saturated heterocycles. The van der Waals surface area contributed by atoms with Gasteiger partial charge in [-0.1, -0.05) is 0 Å². The second-order valence-electron chi connectivity index (χ2n) is 4.39. The molecule has 1 aromatic heterocycles.